The van der Waals surface area contributed by atoms with E-state index in [-0.39, 0.29) is 5.91 Å². The van der Waals surface area contributed by atoms with Crippen LogP contribution in [0.1, 0.15) is 17.5 Å². The molecule has 3 rings (SSSR count). The fraction of sp³-hybridized carbons (Fsp3) is 0.333. The Hall–Kier alpha value is -2.21. The summed E-state index contributed by atoms with van der Waals surface area (Å²) in [6, 6.07) is 8.90. The van der Waals surface area contributed by atoms with Crippen molar-refractivity contribution in [2.75, 3.05) is 17.3 Å². The van der Waals surface area contributed by atoms with Gasteiger partial charge in [0, 0.05) is 11.1 Å². The van der Waals surface area contributed by atoms with Crippen LogP contribution in [0.5, 0.6) is 0 Å². The predicted octanol–water partition coefficient (Wildman–Crippen LogP) is 2.67. The summed E-state index contributed by atoms with van der Waals surface area (Å²) >= 11 is 1.62. The van der Waals surface area contributed by atoms with Gasteiger partial charge in [0.25, 0.3) is 0 Å². The third kappa shape index (κ3) is 3.33. The SMILES string of the molecule is CSCCC(NC(N)=O)C(=O)Nc1ccc2c3c(cccc13)CC2. The number of nitrogens with one attached hydrogen (secondary N) is 2. The molecular formula is C18H21N3O2S. The first-order valence-electron chi connectivity index (χ1n) is 7.99. The van der Waals surface area contributed by atoms with E-state index in [4.69, 9.17) is 5.73 Å². The maximum atomic E-state index is 12.6. The molecule has 2 aromatic carbocycles. The number of nitrogens with two attached hydrogens (primary N) is 1. The molecule has 1 unspecified atom stereocenters. The quantitative estimate of drug-likeness (QED) is 0.754. The number of aryl methyl sites for hydroxylation is 2. The Bertz CT molecular complexity index is 781. The van der Waals surface area contributed by atoms with Crippen molar-refractivity contribution in [2.24, 2.45) is 5.73 Å². The molecule has 0 aromatic heterocycles. The summed E-state index contributed by atoms with van der Waals surface area (Å²) in [5.41, 5.74) is 8.63. The van der Waals surface area contributed by atoms with Gasteiger partial charge in [-0.25, -0.2) is 4.79 Å². The molecule has 1 aliphatic carbocycles. The lowest BCUT2D eigenvalue weighted by molar-refractivity contribution is -0.117. The molecule has 1 atom stereocenters. The highest BCUT2D eigenvalue weighted by molar-refractivity contribution is 7.98. The van der Waals surface area contributed by atoms with Gasteiger partial charge in [0.1, 0.15) is 6.04 Å². The molecule has 0 radical (unpaired) electrons. The number of hydrogen-bond acceptors (Lipinski definition) is 3. The highest BCUT2D eigenvalue weighted by Gasteiger charge is 2.21. The Kier molecular flexibility index (Phi) is 4.94. The molecular weight excluding hydrogens is 322 g/mol. The van der Waals surface area contributed by atoms with Gasteiger partial charge >= 0.3 is 6.03 Å². The van der Waals surface area contributed by atoms with Crippen LogP contribution >= 0.6 is 11.8 Å². The van der Waals surface area contributed by atoms with Crippen molar-refractivity contribution >= 4 is 40.2 Å². The van der Waals surface area contributed by atoms with Crippen LogP contribution in [0.4, 0.5) is 10.5 Å². The van der Waals surface area contributed by atoms with Crippen molar-refractivity contribution in [1.29, 1.82) is 0 Å². The Morgan fingerprint density at radius 1 is 1.21 bits per heavy atom. The lowest BCUT2D eigenvalue weighted by Gasteiger charge is -2.18. The standard InChI is InChI=1S/C18H21N3O2S/c1-24-10-9-15(21-18(19)23)17(22)20-14-8-7-12-6-5-11-3-2-4-13(14)16(11)12/h2-4,7-8,15H,5-6,9-10H2,1H3,(H,20,22)(H3,19,21,23). The average Bonchev–Trinajstić information content (AvgIpc) is 2.98. The number of hydrogen-bond donors (Lipinski definition) is 3. The van der Waals surface area contributed by atoms with E-state index in [2.05, 4.69) is 22.8 Å². The molecule has 0 fully saturated rings. The number of thioether (sulfide) groups is 1. The van der Waals surface area contributed by atoms with Gasteiger partial charge in [0.15, 0.2) is 0 Å². The zero-order valence-corrected chi connectivity index (χ0v) is 14.4. The normalized spacial score (nSPS) is 13.7. The van der Waals surface area contributed by atoms with Crippen LogP contribution < -0.4 is 16.4 Å². The summed E-state index contributed by atoms with van der Waals surface area (Å²) in [6.45, 7) is 0. The minimum absolute atomic E-state index is 0.235. The Balaban J connectivity index is 1.86. The number of anilines is 1. The molecule has 4 N–H and O–H groups in total. The second-order valence-electron chi connectivity index (χ2n) is 5.94. The number of urea groups is 1. The Morgan fingerprint density at radius 2 is 1.96 bits per heavy atom. The maximum absolute atomic E-state index is 12.6. The van der Waals surface area contributed by atoms with Gasteiger partial charge in [-0.1, -0.05) is 24.3 Å². The highest BCUT2D eigenvalue weighted by atomic mass is 32.2. The van der Waals surface area contributed by atoms with Gasteiger partial charge in [-0.2, -0.15) is 11.8 Å². The van der Waals surface area contributed by atoms with Crippen molar-refractivity contribution in [3.05, 3.63) is 41.5 Å². The molecule has 1 aliphatic rings. The van der Waals surface area contributed by atoms with E-state index < -0.39 is 12.1 Å². The summed E-state index contributed by atoms with van der Waals surface area (Å²) in [5, 5.41) is 7.80. The van der Waals surface area contributed by atoms with Gasteiger partial charge in [0.2, 0.25) is 5.91 Å². The summed E-state index contributed by atoms with van der Waals surface area (Å²) in [5.74, 6) is 0.531. The monoisotopic (exact) mass is 343 g/mol. The van der Waals surface area contributed by atoms with Crippen molar-refractivity contribution in [1.82, 2.24) is 5.32 Å². The fourth-order valence-electron chi connectivity index (χ4n) is 3.25. The lowest BCUT2D eigenvalue weighted by Crippen LogP contribution is -2.46. The lowest BCUT2D eigenvalue weighted by atomic mass is 10.0. The van der Waals surface area contributed by atoms with Crippen molar-refractivity contribution in [3.63, 3.8) is 0 Å². The van der Waals surface area contributed by atoms with E-state index in [1.807, 2.05) is 24.5 Å². The molecule has 0 heterocycles. The maximum Gasteiger partial charge on any atom is 0.312 e. The number of amides is 3. The molecule has 0 bridgehead atoms. The van der Waals surface area contributed by atoms with Crippen LogP contribution in [0.15, 0.2) is 30.3 Å². The Labute approximate surface area is 145 Å². The summed E-state index contributed by atoms with van der Waals surface area (Å²) in [7, 11) is 0. The number of primary amides is 1. The molecule has 3 amide bonds. The van der Waals surface area contributed by atoms with Crippen LogP contribution in [0, 0.1) is 0 Å². The average molecular weight is 343 g/mol. The van der Waals surface area contributed by atoms with E-state index in [0.29, 0.717) is 6.42 Å². The fourth-order valence-corrected chi connectivity index (χ4v) is 3.72. The molecule has 0 saturated heterocycles. The second kappa shape index (κ2) is 7.13. The zero-order valence-electron chi connectivity index (χ0n) is 13.6. The van der Waals surface area contributed by atoms with Crippen LogP contribution in [-0.2, 0) is 17.6 Å². The van der Waals surface area contributed by atoms with Crippen molar-refractivity contribution < 1.29 is 9.59 Å². The van der Waals surface area contributed by atoms with Crippen LogP contribution in [-0.4, -0.2) is 30.0 Å². The molecule has 24 heavy (non-hydrogen) atoms. The third-order valence-electron chi connectivity index (χ3n) is 4.38. The number of carbonyl (C=O) groups is 2. The van der Waals surface area contributed by atoms with Crippen LogP contribution in [0.25, 0.3) is 10.8 Å². The van der Waals surface area contributed by atoms with Crippen molar-refractivity contribution in [3.8, 4) is 0 Å². The predicted molar refractivity (Wildman–Crippen MR) is 99.5 cm³/mol. The molecule has 5 nitrogen and oxygen atoms in total. The van der Waals surface area contributed by atoms with Crippen LogP contribution in [0.2, 0.25) is 0 Å². The minimum atomic E-state index is -0.684. The molecule has 6 heteroatoms. The topological polar surface area (TPSA) is 84.2 Å². The first kappa shape index (κ1) is 16.6. The smallest absolute Gasteiger partial charge is 0.312 e. The Morgan fingerprint density at radius 3 is 2.67 bits per heavy atom. The first-order chi connectivity index (χ1) is 11.6. The molecule has 0 aliphatic heterocycles. The second-order valence-corrected chi connectivity index (χ2v) is 6.93. The minimum Gasteiger partial charge on any atom is -0.352 e. The van der Waals surface area contributed by atoms with Gasteiger partial charge in [0.05, 0.1) is 0 Å². The number of carbonyl (C=O) groups excluding carboxylic acids is 2. The van der Waals surface area contributed by atoms with Gasteiger partial charge in [-0.15, -0.1) is 0 Å². The van der Waals surface area contributed by atoms with E-state index in [1.165, 1.54) is 16.5 Å². The van der Waals surface area contributed by atoms with Crippen molar-refractivity contribution in [2.45, 2.75) is 25.3 Å². The van der Waals surface area contributed by atoms with Gasteiger partial charge < -0.3 is 16.4 Å². The van der Waals surface area contributed by atoms with E-state index in [1.54, 1.807) is 11.8 Å². The number of benzene rings is 2. The van der Waals surface area contributed by atoms with E-state index >= 15 is 0 Å². The molecule has 2 aromatic rings. The largest absolute Gasteiger partial charge is 0.352 e. The zero-order chi connectivity index (χ0) is 17.1. The van der Waals surface area contributed by atoms with Crippen LogP contribution in [0.3, 0.4) is 0 Å². The van der Waals surface area contributed by atoms with Gasteiger partial charge in [-0.3, -0.25) is 4.79 Å². The first-order valence-corrected chi connectivity index (χ1v) is 9.39. The highest BCUT2D eigenvalue weighted by Crippen LogP contribution is 2.35. The summed E-state index contributed by atoms with van der Waals surface area (Å²) < 4.78 is 0. The summed E-state index contributed by atoms with van der Waals surface area (Å²) in [4.78, 5) is 23.8. The molecule has 0 saturated carbocycles. The molecule has 0 spiro atoms. The molecule has 126 valence electrons. The van der Waals surface area contributed by atoms with E-state index in [0.717, 1.165) is 29.7 Å². The third-order valence-corrected chi connectivity index (χ3v) is 5.02. The van der Waals surface area contributed by atoms with E-state index in [9.17, 15) is 9.59 Å². The van der Waals surface area contributed by atoms with Gasteiger partial charge in [-0.05, 0) is 53.9 Å². The summed E-state index contributed by atoms with van der Waals surface area (Å²) in [6.07, 6.45) is 4.59. The number of rotatable bonds is 6.